The molecule has 0 unspecified atom stereocenters. The van der Waals surface area contributed by atoms with Gasteiger partial charge >= 0.3 is 57.3 Å². The molecule has 28 heavy (non-hydrogen) atoms. The van der Waals surface area contributed by atoms with Crippen molar-refractivity contribution in [2.24, 2.45) is 22.9 Å². The first-order valence-electron chi connectivity index (χ1n) is 7.50. The summed E-state index contributed by atoms with van der Waals surface area (Å²) in [7, 11) is -10.7. The zero-order valence-corrected chi connectivity index (χ0v) is 21.3. The van der Waals surface area contributed by atoms with E-state index in [2.05, 4.69) is 4.98 Å². The Hall–Kier alpha value is 0.687. The van der Waals surface area contributed by atoms with E-state index >= 15 is 0 Å². The first kappa shape index (κ1) is 36.1. The summed E-state index contributed by atoms with van der Waals surface area (Å²) in [6, 6.07) is 0. The molecule has 0 atom stereocenters. The first-order chi connectivity index (χ1) is 11.9. The van der Waals surface area contributed by atoms with Crippen LogP contribution in [0.15, 0.2) is 18.7 Å². The van der Waals surface area contributed by atoms with E-state index in [9.17, 15) is 14.2 Å². The number of rotatable bonds is 8. The van der Waals surface area contributed by atoms with E-state index in [0.29, 0.717) is 26.2 Å². The Kier molecular flexibility index (Phi) is 23.8. The van der Waals surface area contributed by atoms with Crippen LogP contribution in [0.4, 0.5) is 0 Å². The molecular weight excluding hydrogens is 780 g/mol. The second-order valence-corrected chi connectivity index (χ2v) is 8.93. The zero-order chi connectivity index (χ0) is 20.9. The van der Waals surface area contributed by atoms with Crippen LogP contribution in [0.3, 0.4) is 0 Å². The van der Waals surface area contributed by atoms with Crippen molar-refractivity contribution in [3.63, 3.8) is 0 Å². The summed E-state index contributed by atoms with van der Waals surface area (Å²) in [6.45, 7) is 2.61. The van der Waals surface area contributed by atoms with E-state index in [1.807, 2.05) is 0 Å². The van der Waals surface area contributed by atoms with Gasteiger partial charge in [-0.2, -0.15) is 0 Å². The fourth-order valence-electron chi connectivity index (χ4n) is 1.38. The second-order valence-electron chi connectivity index (χ2n) is 4.92. The number of nitrogens with two attached hydrogens (primary N) is 4. The molecule has 1 aromatic rings. The van der Waals surface area contributed by atoms with Crippen molar-refractivity contribution in [2.45, 2.75) is 24.5 Å². The molecule has 1 aromatic heterocycles. The first-order valence-corrected chi connectivity index (χ1v) is 10.7. The van der Waals surface area contributed by atoms with E-state index < -0.39 is 26.7 Å². The molecule has 0 aliphatic heterocycles. The van der Waals surface area contributed by atoms with Crippen LogP contribution in [0.25, 0.3) is 0 Å². The van der Waals surface area contributed by atoms with Crippen LogP contribution in [-0.2, 0) is 57.8 Å². The smallest absolute Gasteiger partial charge is 0.368 e. The van der Waals surface area contributed by atoms with Crippen LogP contribution in [0.5, 0.6) is 0 Å². The van der Waals surface area contributed by atoms with Crippen LogP contribution < -0.4 is 22.9 Å². The van der Waals surface area contributed by atoms with Crippen molar-refractivity contribution in [1.82, 2.24) is 9.55 Å². The third-order valence-electron chi connectivity index (χ3n) is 2.75. The number of aliphatic hydroxyl groups is 1. The van der Waals surface area contributed by atoms with Gasteiger partial charge in [-0.3, -0.25) is 9.13 Å². The molecule has 168 valence electrons. The predicted octanol–water partition coefficient (Wildman–Crippen LogP) is -2.53. The molecule has 13 nitrogen and oxygen atoms in total. The third kappa shape index (κ3) is 14.6. The molecular formula is C11H30N6O7P2Pt2+8. The quantitative estimate of drug-likeness (QED) is 0.123. The van der Waals surface area contributed by atoms with Crippen molar-refractivity contribution in [2.75, 3.05) is 26.2 Å². The van der Waals surface area contributed by atoms with Gasteiger partial charge in [0.05, 0.1) is 6.33 Å². The molecule has 0 aromatic carbocycles. The molecule has 0 aliphatic rings. The maximum absolute atomic E-state index is 11.0. The maximum atomic E-state index is 11.0. The number of hydrogen-bond acceptors (Lipinski definition) is 8. The number of imidazole rings is 1. The fraction of sp³-hybridized carbons (Fsp3) is 0.727. The van der Waals surface area contributed by atoms with E-state index in [0.717, 1.165) is 0 Å². The predicted molar refractivity (Wildman–Crippen MR) is 96.7 cm³/mol. The van der Waals surface area contributed by atoms with Gasteiger partial charge in [-0.15, -0.1) is 0 Å². The molecule has 0 fully saturated rings. The summed E-state index contributed by atoms with van der Waals surface area (Å²) in [5, 5.41) is 6.23. The topological polar surface area (TPSA) is 257 Å². The van der Waals surface area contributed by atoms with E-state index in [4.69, 9.17) is 42.5 Å². The Balaban J connectivity index is -0.000000246. The molecule has 1 rings (SSSR count). The molecule has 13 N–H and O–H groups in total. The van der Waals surface area contributed by atoms with Gasteiger partial charge < -0.3 is 52.2 Å². The Morgan fingerprint density at radius 1 is 0.893 bits per heavy atom. The molecule has 0 saturated heterocycles. The Labute approximate surface area is 192 Å². The van der Waals surface area contributed by atoms with Crippen LogP contribution in [0.2, 0.25) is 0 Å². The average Bonchev–Trinajstić information content (AvgIpc) is 3.06. The standard InChI is InChI=1S/C7H14N2O7P2.2C2H8N2.2Pt/c10-7(17(11,12)13,18(14,15)16)2-1-4-9-5-3-8-6-9;2*3-1-2-4;;/h3,5-6,10H,1-2,4H2,(H2,11,12,13)(H2,14,15,16);2*1-4H2;;/q;;;2*+4. The molecule has 0 bridgehead atoms. The van der Waals surface area contributed by atoms with E-state index in [-0.39, 0.29) is 55.1 Å². The normalized spacial score (nSPS) is 11.0. The second kappa shape index (κ2) is 18.5. The number of aromatic nitrogens is 2. The Morgan fingerprint density at radius 3 is 1.54 bits per heavy atom. The van der Waals surface area contributed by atoms with Crippen LogP contribution in [-0.4, -0.2) is 65.5 Å². The summed E-state index contributed by atoms with van der Waals surface area (Å²) in [6.07, 6.45) is 3.75. The molecule has 0 aliphatic carbocycles. The monoisotopic (exact) mass is 810 g/mol. The SMILES string of the molecule is NCCN.NCCN.O=P(O)(O)C(O)(CCCn1ccnc1)P(=O)(O)O.[Pt+4].[Pt+4]. The van der Waals surface area contributed by atoms with Crippen molar-refractivity contribution >= 4 is 15.2 Å². The largest absolute Gasteiger partial charge is 4.00 e. The summed E-state index contributed by atoms with van der Waals surface area (Å²) < 4.78 is 23.6. The Morgan fingerprint density at radius 2 is 1.29 bits per heavy atom. The van der Waals surface area contributed by atoms with Gasteiger partial charge in [-0.25, -0.2) is 4.98 Å². The number of hydrogen-bond donors (Lipinski definition) is 9. The van der Waals surface area contributed by atoms with Gasteiger partial charge in [0.25, 0.3) is 5.08 Å². The molecule has 0 radical (unpaired) electrons. The van der Waals surface area contributed by atoms with E-state index in [1.165, 1.54) is 12.5 Å². The van der Waals surface area contributed by atoms with Gasteiger partial charge in [0.2, 0.25) is 0 Å². The zero-order valence-electron chi connectivity index (χ0n) is 15.0. The van der Waals surface area contributed by atoms with Crippen LogP contribution in [0, 0.1) is 0 Å². The van der Waals surface area contributed by atoms with Crippen LogP contribution in [0.1, 0.15) is 12.8 Å². The minimum atomic E-state index is -5.35. The molecule has 1 heterocycles. The third-order valence-corrected chi connectivity index (χ3v) is 6.63. The number of aryl methyl sites for hydroxylation is 1. The maximum Gasteiger partial charge on any atom is 4.00 e. The summed E-state index contributed by atoms with van der Waals surface area (Å²) in [4.78, 5) is 39.2. The average molecular weight is 811 g/mol. The summed E-state index contributed by atoms with van der Waals surface area (Å²) in [5.41, 5.74) is 19.6. The Bertz CT molecular complexity index is 528. The molecule has 0 amide bonds. The van der Waals surface area contributed by atoms with Gasteiger partial charge in [-0.05, 0) is 6.42 Å². The fourth-order valence-corrected chi connectivity index (χ4v) is 3.64. The van der Waals surface area contributed by atoms with Crippen molar-refractivity contribution in [1.29, 1.82) is 0 Å². The van der Waals surface area contributed by atoms with Gasteiger partial charge in [0, 0.05) is 51.5 Å². The molecule has 0 saturated carbocycles. The van der Waals surface area contributed by atoms with Crippen molar-refractivity contribution in [3.05, 3.63) is 18.7 Å². The van der Waals surface area contributed by atoms with Gasteiger partial charge in [-0.1, -0.05) is 0 Å². The minimum Gasteiger partial charge on any atom is -0.368 e. The molecule has 17 heteroatoms. The summed E-state index contributed by atoms with van der Waals surface area (Å²) in [5.74, 6) is 0. The van der Waals surface area contributed by atoms with Crippen LogP contribution >= 0.6 is 15.2 Å². The van der Waals surface area contributed by atoms with Gasteiger partial charge in [0.1, 0.15) is 0 Å². The molecule has 0 spiro atoms. The summed E-state index contributed by atoms with van der Waals surface area (Å²) >= 11 is 0. The number of nitrogens with zero attached hydrogens (tertiary/aromatic N) is 2. The van der Waals surface area contributed by atoms with Gasteiger partial charge in [0.15, 0.2) is 0 Å². The van der Waals surface area contributed by atoms with Crippen molar-refractivity contribution < 1.29 is 75.9 Å². The minimum absolute atomic E-state index is 0. The van der Waals surface area contributed by atoms with E-state index in [1.54, 1.807) is 10.8 Å². The van der Waals surface area contributed by atoms with Crippen molar-refractivity contribution in [3.8, 4) is 0 Å².